The molecule has 0 amide bonds. The highest BCUT2D eigenvalue weighted by Gasteiger charge is 2.18. The molecule has 0 aliphatic carbocycles. The van der Waals surface area contributed by atoms with Crippen molar-refractivity contribution < 1.29 is 18.7 Å². The van der Waals surface area contributed by atoms with Gasteiger partial charge in [0.25, 0.3) is 5.56 Å². The van der Waals surface area contributed by atoms with E-state index in [0.29, 0.717) is 4.57 Å². The number of oxazole rings is 1. The second-order valence-corrected chi connectivity index (χ2v) is 4.80. The van der Waals surface area contributed by atoms with Gasteiger partial charge in [-0.05, 0) is 24.3 Å². The van der Waals surface area contributed by atoms with Gasteiger partial charge in [-0.1, -0.05) is 0 Å². The highest BCUT2D eigenvalue weighted by atomic mass is 19.1. The smallest absolute Gasteiger partial charge is 0.342 e. The molecule has 0 aliphatic heterocycles. The first-order valence-corrected chi connectivity index (χ1v) is 6.71. The van der Waals surface area contributed by atoms with E-state index in [0.717, 1.165) is 22.9 Å². The SMILES string of the molecule is O=C(O)c1cn(Cc2ncco2)c(=O)n(-c2ccc(F)cc2)c1=O. The second-order valence-electron chi connectivity index (χ2n) is 4.80. The van der Waals surface area contributed by atoms with Crippen LogP contribution < -0.4 is 11.2 Å². The lowest BCUT2D eigenvalue weighted by atomic mass is 10.3. The number of halogens is 1. The van der Waals surface area contributed by atoms with Gasteiger partial charge < -0.3 is 9.52 Å². The van der Waals surface area contributed by atoms with Crippen molar-refractivity contribution in [3.63, 3.8) is 0 Å². The van der Waals surface area contributed by atoms with Gasteiger partial charge in [0.05, 0.1) is 11.9 Å². The standard InChI is InChI=1S/C15H10FN3O5/c16-9-1-3-10(4-2-9)19-13(20)11(14(21)22)7-18(15(19)23)8-12-17-5-6-24-12/h1-7H,8H2,(H,21,22). The molecule has 122 valence electrons. The fourth-order valence-electron chi connectivity index (χ4n) is 2.16. The Bertz CT molecular complexity index is 1000. The van der Waals surface area contributed by atoms with Crippen LogP contribution in [-0.4, -0.2) is 25.2 Å². The molecule has 9 heteroatoms. The number of aromatic nitrogens is 3. The van der Waals surface area contributed by atoms with E-state index in [1.54, 1.807) is 0 Å². The monoisotopic (exact) mass is 331 g/mol. The first kappa shape index (κ1) is 15.4. The van der Waals surface area contributed by atoms with Crippen molar-refractivity contribution in [2.24, 2.45) is 0 Å². The van der Waals surface area contributed by atoms with Crippen molar-refractivity contribution in [3.8, 4) is 5.69 Å². The maximum Gasteiger partial charge on any atom is 0.342 e. The summed E-state index contributed by atoms with van der Waals surface area (Å²) in [6, 6.07) is 4.54. The van der Waals surface area contributed by atoms with Crippen molar-refractivity contribution in [1.82, 2.24) is 14.1 Å². The Morgan fingerprint density at radius 3 is 2.54 bits per heavy atom. The predicted molar refractivity (Wildman–Crippen MR) is 78.8 cm³/mol. The maximum atomic E-state index is 13.1. The lowest BCUT2D eigenvalue weighted by Gasteiger charge is -2.10. The largest absolute Gasteiger partial charge is 0.477 e. The van der Waals surface area contributed by atoms with Crippen molar-refractivity contribution in [2.45, 2.75) is 6.54 Å². The first-order valence-electron chi connectivity index (χ1n) is 6.71. The summed E-state index contributed by atoms with van der Waals surface area (Å²) in [6.07, 6.45) is 3.60. The summed E-state index contributed by atoms with van der Waals surface area (Å²) in [5.41, 5.74) is -2.36. The summed E-state index contributed by atoms with van der Waals surface area (Å²) in [5.74, 6) is -1.88. The second kappa shape index (κ2) is 5.95. The predicted octanol–water partition coefficient (Wildman–Crippen LogP) is 0.873. The van der Waals surface area contributed by atoms with Gasteiger partial charge in [-0.15, -0.1) is 0 Å². The highest BCUT2D eigenvalue weighted by Crippen LogP contribution is 2.06. The molecule has 0 radical (unpaired) electrons. The van der Waals surface area contributed by atoms with E-state index in [2.05, 4.69) is 4.98 Å². The molecular formula is C15H10FN3O5. The third-order valence-corrected chi connectivity index (χ3v) is 3.26. The number of carbonyl (C=O) groups is 1. The van der Waals surface area contributed by atoms with Gasteiger partial charge in [0.2, 0.25) is 5.89 Å². The number of hydrogen-bond acceptors (Lipinski definition) is 5. The minimum Gasteiger partial charge on any atom is -0.477 e. The molecule has 0 saturated heterocycles. The first-order chi connectivity index (χ1) is 11.5. The van der Waals surface area contributed by atoms with Crippen molar-refractivity contribution in [2.75, 3.05) is 0 Å². The normalized spacial score (nSPS) is 10.7. The quantitative estimate of drug-likeness (QED) is 0.760. The van der Waals surface area contributed by atoms with E-state index in [9.17, 15) is 23.9 Å². The number of benzene rings is 1. The van der Waals surface area contributed by atoms with Crippen LogP contribution in [0.3, 0.4) is 0 Å². The Hall–Kier alpha value is -3.49. The third kappa shape index (κ3) is 2.74. The molecule has 2 aromatic heterocycles. The zero-order chi connectivity index (χ0) is 17.3. The number of carboxylic acid groups (broad SMARTS) is 1. The van der Waals surface area contributed by atoms with E-state index in [1.165, 1.54) is 24.6 Å². The molecule has 8 nitrogen and oxygen atoms in total. The number of aromatic carboxylic acids is 1. The number of rotatable bonds is 4. The van der Waals surface area contributed by atoms with Crippen molar-refractivity contribution in [1.29, 1.82) is 0 Å². The summed E-state index contributed by atoms with van der Waals surface area (Å²) in [7, 11) is 0. The molecule has 24 heavy (non-hydrogen) atoms. The van der Waals surface area contributed by atoms with Crippen molar-refractivity contribution in [3.05, 3.63) is 81.0 Å². The lowest BCUT2D eigenvalue weighted by molar-refractivity contribution is 0.0693. The van der Waals surface area contributed by atoms with Gasteiger partial charge in [0, 0.05) is 6.20 Å². The van der Waals surface area contributed by atoms with Crippen LogP contribution in [0.2, 0.25) is 0 Å². The number of nitrogens with zero attached hydrogens (tertiary/aromatic N) is 3. The lowest BCUT2D eigenvalue weighted by Crippen LogP contribution is -2.41. The Kier molecular flexibility index (Phi) is 3.82. The Balaban J connectivity index is 2.25. The van der Waals surface area contributed by atoms with Crippen LogP contribution in [0.1, 0.15) is 16.2 Å². The fraction of sp³-hybridized carbons (Fsp3) is 0.0667. The van der Waals surface area contributed by atoms with E-state index < -0.39 is 28.6 Å². The van der Waals surface area contributed by atoms with Gasteiger partial charge in [-0.25, -0.2) is 23.5 Å². The van der Waals surface area contributed by atoms with Gasteiger partial charge in [-0.2, -0.15) is 0 Å². The van der Waals surface area contributed by atoms with E-state index in [1.807, 2.05) is 0 Å². The summed E-state index contributed by atoms with van der Waals surface area (Å²) >= 11 is 0. The van der Waals surface area contributed by atoms with Crippen LogP contribution in [0, 0.1) is 5.82 Å². The highest BCUT2D eigenvalue weighted by molar-refractivity contribution is 5.86. The van der Waals surface area contributed by atoms with Gasteiger partial charge in [-0.3, -0.25) is 9.36 Å². The van der Waals surface area contributed by atoms with Crippen LogP contribution in [0.25, 0.3) is 5.69 Å². The number of carboxylic acids is 1. The molecule has 3 aromatic rings. The molecule has 1 aromatic carbocycles. The molecule has 0 fully saturated rings. The molecule has 1 N–H and O–H groups in total. The molecule has 3 rings (SSSR count). The fourth-order valence-corrected chi connectivity index (χ4v) is 2.16. The number of hydrogen-bond donors (Lipinski definition) is 1. The molecular weight excluding hydrogens is 321 g/mol. The average Bonchev–Trinajstić information content (AvgIpc) is 3.04. The van der Waals surface area contributed by atoms with Crippen LogP contribution in [0.15, 0.2) is 56.9 Å². The molecule has 0 bridgehead atoms. The van der Waals surface area contributed by atoms with Crippen LogP contribution >= 0.6 is 0 Å². The molecule has 0 saturated carbocycles. The molecule has 0 atom stereocenters. The summed E-state index contributed by atoms with van der Waals surface area (Å²) in [6.45, 7) is -0.159. The minimum atomic E-state index is -1.49. The van der Waals surface area contributed by atoms with Crippen LogP contribution in [-0.2, 0) is 6.54 Å². The Morgan fingerprint density at radius 1 is 1.25 bits per heavy atom. The maximum absolute atomic E-state index is 13.1. The minimum absolute atomic E-state index is 0.0515. The topological polar surface area (TPSA) is 107 Å². The molecule has 0 unspecified atom stereocenters. The third-order valence-electron chi connectivity index (χ3n) is 3.26. The van der Waals surface area contributed by atoms with Gasteiger partial charge in [0.15, 0.2) is 0 Å². The zero-order valence-corrected chi connectivity index (χ0v) is 12.0. The van der Waals surface area contributed by atoms with E-state index in [-0.39, 0.29) is 18.1 Å². The zero-order valence-electron chi connectivity index (χ0n) is 12.0. The van der Waals surface area contributed by atoms with Crippen LogP contribution in [0.5, 0.6) is 0 Å². The van der Waals surface area contributed by atoms with Gasteiger partial charge >= 0.3 is 11.7 Å². The summed E-state index contributed by atoms with van der Waals surface area (Å²) in [4.78, 5) is 40.0. The van der Waals surface area contributed by atoms with Crippen molar-refractivity contribution >= 4 is 5.97 Å². The molecule has 0 aliphatic rings. The van der Waals surface area contributed by atoms with Crippen LogP contribution in [0.4, 0.5) is 4.39 Å². The molecule has 2 heterocycles. The van der Waals surface area contributed by atoms with E-state index >= 15 is 0 Å². The molecule has 0 spiro atoms. The Labute approximate surface area is 133 Å². The van der Waals surface area contributed by atoms with E-state index in [4.69, 9.17) is 4.42 Å². The summed E-state index contributed by atoms with van der Waals surface area (Å²) in [5, 5.41) is 9.19. The average molecular weight is 331 g/mol. The summed E-state index contributed by atoms with van der Waals surface area (Å²) < 4.78 is 19.7. The Morgan fingerprint density at radius 2 is 1.96 bits per heavy atom. The van der Waals surface area contributed by atoms with Gasteiger partial charge in [0.1, 0.15) is 24.2 Å².